The first-order chi connectivity index (χ1) is 8.34. The summed E-state index contributed by atoms with van der Waals surface area (Å²) in [5.74, 6) is 0. The van der Waals surface area contributed by atoms with Gasteiger partial charge >= 0.3 is 0 Å². The van der Waals surface area contributed by atoms with E-state index < -0.39 is 10.0 Å². The molecule has 0 saturated heterocycles. The molecule has 4 nitrogen and oxygen atoms in total. The van der Waals surface area contributed by atoms with Gasteiger partial charge in [-0.15, -0.1) is 0 Å². The smallest absolute Gasteiger partial charge is 0.243 e. The maximum absolute atomic E-state index is 12.5. The third-order valence-corrected chi connectivity index (χ3v) is 5.25. The van der Waals surface area contributed by atoms with Crippen molar-refractivity contribution >= 4 is 10.0 Å². The summed E-state index contributed by atoms with van der Waals surface area (Å²) in [5, 5.41) is 0. The highest BCUT2D eigenvalue weighted by Crippen LogP contribution is 2.22. The summed E-state index contributed by atoms with van der Waals surface area (Å²) in [6.45, 7) is 6.01. The normalized spacial score (nSPS) is 12.4. The number of benzene rings is 1. The van der Waals surface area contributed by atoms with Crippen LogP contribution in [0.2, 0.25) is 0 Å². The Bertz CT molecular complexity index is 510. The van der Waals surface area contributed by atoms with E-state index in [0.717, 1.165) is 11.1 Å². The van der Waals surface area contributed by atoms with E-state index in [9.17, 15) is 8.42 Å². The van der Waals surface area contributed by atoms with Crippen molar-refractivity contribution in [2.24, 2.45) is 5.73 Å². The topological polar surface area (TPSA) is 63.4 Å². The first kappa shape index (κ1) is 15.1. The van der Waals surface area contributed by atoms with Gasteiger partial charge in [0, 0.05) is 19.6 Å². The maximum atomic E-state index is 12.5. The summed E-state index contributed by atoms with van der Waals surface area (Å²) < 4.78 is 26.4. The van der Waals surface area contributed by atoms with E-state index in [1.54, 1.807) is 13.1 Å². The van der Waals surface area contributed by atoms with Gasteiger partial charge in [0.2, 0.25) is 10.0 Å². The molecule has 0 spiro atoms. The van der Waals surface area contributed by atoms with Crippen LogP contribution in [0.25, 0.3) is 0 Å². The lowest BCUT2D eigenvalue weighted by Gasteiger charge is -2.22. The molecule has 0 radical (unpaired) electrons. The standard InChI is InChI=1S/C13H22N2O2S/c1-5-12-7-6-11(9-14)8-13(12)18(16,17)15(4)10(2)3/h6-8,10H,5,9,14H2,1-4H3. The summed E-state index contributed by atoms with van der Waals surface area (Å²) in [6.07, 6.45) is 0.686. The SMILES string of the molecule is CCc1ccc(CN)cc1S(=O)(=O)N(C)C(C)C. The fourth-order valence-corrected chi connectivity index (χ4v) is 3.40. The molecule has 0 unspecified atom stereocenters. The van der Waals surface area contributed by atoms with Crippen LogP contribution < -0.4 is 5.73 Å². The van der Waals surface area contributed by atoms with Gasteiger partial charge in [0.25, 0.3) is 0 Å². The number of aryl methyl sites for hydroxylation is 1. The Kier molecular flexibility index (Phi) is 4.90. The monoisotopic (exact) mass is 270 g/mol. The van der Waals surface area contributed by atoms with Crippen molar-refractivity contribution in [3.63, 3.8) is 0 Å². The molecule has 0 aliphatic carbocycles. The zero-order chi connectivity index (χ0) is 13.9. The van der Waals surface area contributed by atoms with Gasteiger partial charge in [-0.2, -0.15) is 4.31 Å². The minimum absolute atomic E-state index is 0.0683. The molecule has 102 valence electrons. The Morgan fingerprint density at radius 3 is 2.39 bits per heavy atom. The lowest BCUT2D eigenvalue weighted by molar-refractivity contribution is 0.410. The van der Waals surface area contributed by atoms with E-state index in [-0.39, 0.29) is 6.04 Å². The minimum atomic E-state index is -3.44. The molecule has 0 saturated carbocycles. The van der Waals surface area contributed by atoms with Crippen LogP contribution in [-0.4, -0.2) is 25.8 Å². The first-order valence-corrected chi connectivity index (χ1v) is 7.58. The second-order valence-electron chi connectivity index (χ2n) is 4.61. The Morgan fingerprint density at radius 2 is 1.94 bits per heavy atom. The molecule has 0 aromatic heterocycles. The average molecular weight is 270 g/mol. The van der Waals surface area contributed by atoms with E-state index in [4.69, 9.17) is 5.73 Å². The molecule has 0 aliphatic rings. The minimum Gasteiger partial charge on any atom is -0.326 e. The summed E-state index contributed by atoms with van der Waals surface area (Å²) in [7, 11) is -1.83. The molecule has 1 aromatic carbocycles. The third kappa shape index (κ3) is 2.91. The molecule has 0 heterocycles. The van der Waals surface area contributed by atoms with Crippen LogP contribution in [0.4, 0.5) is 0 Å². The Balaban J connectivity index is 3.38. The van der Waals surface area contributed by atoms with Crippen LogP contribution in [0.5, 0.6) is 0 Å². The van der Waals surface area contributed by atoms with Crippen LogP contribution in [0.15, 0.2) is 23.1 Å². The van der Waals surface area contributed by atoms with Crippen molar-refractivity contribution in [1.29, 1.82) is 0 Å². The quantitative estimate of drug-likeness (QED) is 0.886. The number of nitrogens with zero attached hydrogens (tertiary/aromatic N) is 1. The highest BCUT2D eigenvalue weighted by molar-refractivity contribution is 7.89. The third-order valence-electron chi connectivity index (χ3n) is 3.13. The summed E-state index contributed by atoms with van der Waals surface area (Å²) in [5.41, 5.74) is 7.25. The van der Waals surface area contributed by atoms with Crippen molar-refractivity contribution < 1.29 is 8.42 Å². The average Bonchev–Trinajstić information content (AvgIpc) is 2.36. The zero-order valence-corrected chi connectivity index (χ0v) is 12.3. The molecule has 0 fully saturated rings. The van der Waals surface area contributed by atoms with Crippen LogP contribution in [-0.2, 0) is 23.0 Å². The molecular formula is C13H22N2O2S. The number of sulfonamides is 1. The van der Waals surface area contributed by atoms with Gasteiger partial charge in [-0.1, -0.05) is 19.1 Å². The molecular weight excluding hydrogens is 248 g/mol. The predicted octanol–water partition coefficient (Wildman–Crippen LogP) is 1.74. The van der Waals surface area contributed by atoms with E-state index in [2.05, 4.69) is 0 Å². The lowest BCUT2D eigenvalue weighted by atomic mass is 10.1. The highest BCUT2D eigenvalue weighted by Gasteiger charge is 2.25. The van der Waals surface area contributed by atoms with Crippen LogP contribution >= 0.6 is 0 Å². The van der Waals surface area contributed by atoms with E-state index in [1.165, 1.54) is 4.31 Å². The molecule has 0 aliphatic heterocycles. The summed E-state index contributed by atoms with van der Waals surface area (Å²) in [6, 6.07) is 5.35. The second kappa shape index (κ2) is 5.82. The van der Waals surface area contributed by atoms with Crippen LogP contribution in [0.3, 0.4) is 0 Å². The van der Waals surface area contributed by atoms with Gasteiger partial charge in [-0.3, -0.25) is 0 Å². The van der Waals surface area contributed by atoms with Gasteiger partial charge in [0.05, 0.1) is 4.90 Å². The number of rotatable bonds is 5. The van der Waals surface area contributed by atoms with Crippen molar-refractivity contribution in [3.05, 3.63) is 29.3 Å². The molecule has 1 aromatic rings. The van der Waals surface area contributed by atoms with E-state index in [1.807, 2.05) is 32.9 Å². The number of nitrogens with two attached hydrogens (primary N) is 1. The Labute approximate surface area is 110 Å². The summed E-state index contributed by atoms with van der Waals surface area (Å²) >= 11 is 0. The lowest BCUT2D eigenvalue weighted by Crippen LogP contribution is -2.33. The first-order valence-electron chi connectivity index (χ1n) is 6.14. The van der Waals surface area contributed by atoms with E-state index >= 15 is 0 Å². The fourth-order valence-electron chi connectivity index (χ4n) is 1.69. The number of hydrogen-bond donors (Lipinski definition) is 1. The Hall–Kier alpha value is -0.910. The van der Waals surface area contributed by atoms with Crippen molar-refractivity contribution in [1.82, 2.24) is 4.31 Å². The molecule has 1 rings (SSSR count). The molecule has 2 N–H and O–H groups in total. The zero-order valence-electron chi connectivity index (χ0n) is 11.5. The van der Waals surface area contributed by atoms with Crippen molar-refractivity contribution in [2.75, 3.05) is 7.05 Å². The predicted molar refractivity (Wildman–Crippen MR) is 73.8 cm³/mol. The van der Waals surface area contributed by atoms with Crippen LogP contribution in [0, 0.1) is 0 Å². The van der Waals surface area contributed by atoms with Gasteiger partial charge in [-0.05, 0) is 37.5 Å². The second-order valence-corrected chi connectivity index (χ2v) is 6.58. The van der Waals surface area contributed by atoms with E-state index in [0.29, 0.717) is 17.9 Å². The highest BCUT2D eigenvalue weighted by atomic mass is 32.2. The van der Waals surface area contributed by atoms with Gasteiger partial charge < -0.3 is 5.73 Å². The fraction of sp³-hybridized carbons (Fsp3) is 0.538. The Morgan fingerprint density at radius 1 is 1.33 bits per heavy atom. The van der Waals surface area contributed by atoms with Gasteiger partial charge in [0.15, 0.2) is 0 Å². The number of hydrogen-bond acceptors (Lipinski definition) is 3. The van der Waals surface area contributed by atoms with Crippen molar-refractivity contribution in [2.45, 2.75) is 44.7 Å². The maximum Gasteiger partial charge on any atom is 0.243 e. The molecule has 0 amide bonds. The largest absolute Gasteiger partial charge is 0.326 e. The van der Waals surface area contributed by atoms with Gasteiger partial charge in [0.1, 0.15) is 0 Å². The van der Waals surface area contributed by atoms with Crippen LogP contribution in [0.1, 0.15) is 31.9 Å². The van der Waals surface area contributed by atoms with Crippen molar-refractivity contribution in [3.8, 4) is 0 Å². The molecule has 0 bridgehead atoms. The molecule has 0 atom stereocenters. The summed E-state index contributed by atoms with van der Waals surface area (Å²) in [4.78, 5) is 0.379. The van der Waals surface area contributed by atoms with Gasteiger partial charge in [-0.25, -0.2) is 8.42 Å². The molecule has 18 heavy (non-hydrogen) atoms. The molecule has 5 heteroatoms.